The van der Waals surface area contributed by atoms with Crippen molar-refractivity contribution in [1.29, 1.82) is 0 Å². The Morgan fingerprint density at radius 2 is 2.44 bits per heavy atom. The van der Waals surface area contributed by atoms with Gasteiger partial charge in [0.25, 0.3) is 0 Å². The van der Waals surface area contributed by atoms with Crippen LogP contribution >= 0.6 is 0 Å². The zero-order chi connectivity index (χ0) is 11.0. The van der Waals surface area contributed by atoms with Crippen molar-refractivity contribution in [1.82, 2.24) is 15.5 Å². The minimum absolute atomic E-state index is 0.187. The summed E-state index contributed by atoms with van der Waals surface area (Å²) in [6.45, 7) is 0.552. The van der Waals surface area contributed by atoms with E-state index in [1.807, 2.05) is 6.07 Å². The number of H-pyrrole nitrogens is 1. The molecule has 2 aliphatic rings. The number of aromatic amines is 1. The summed E-state index contributed by atoms with van der Waals surface area (Å²) >= 11 is 0. The second-order valence-electron chi connectivity index (χ2n) is 4.69. The van der Waals surface area contributed by atoms with E-state index in [4.69, 9.17) is 0 Å². The van der Waals surface area contributed by atoms with Crippen LogP contribution in [0, 0.1) is 17.8 Å². The van der Waals surface area contributed by atoms with Gasteiger partial charge in [-0.3, -0.25) is 9.89 Å². The molecule has 2 aliphatic carbocycles. The first-order chi connectivity index (χ1) is 7.83. The standard InChI is InChI=1S/C12H15N3O/c16-12(13-7-10-3-4-14-15-10)11-6-8-1-2-9(11)5-8/h1-4,8-9,11H,5-7H2,(H,13,16)(H,14,15). The molecule has 16 heavy (non-hydrogen) atoms. The van der Waals surface area contributed by atoms with E-state index in [0.717, 1.165) is 12.1 Å². The summed E-state index contributed by atoms with van der Waals surface area (Å²) in [5.74, 6) is 1.50. The van der Waals surface area contributed by atoms with Crippen LogP contribution in [0.2, 0.25) is 0 Å². The molecule has 0 aromatic carbocycles. The minimum Gasteiger partial charge on any atom is -0.350 e. The molecular weight excluding hydrogens is 202 g/mol. The van der Waals surface area contributed by atoms with E-state index in [1.54, 1.807) is 6.20 Å². The number of fused-ring (bicyclic) bond motifs is 2. The lowest BCUT2D eigenvalue weighted by Gasteiger charge is -2.17. The van der Waals surface area contributed by atoms with Crippen LogP contribution in [0.5, 0.6) is 0 Å². The third-order valence-electron chi connectivity index (χ3n) is 3.63. The first kappa shape index (κ1) is 9.63. The number of carbonyl (C=O) groups is 1. The topological polar surface area (TPSA) is 57.8 Å². The minimum atomic E-state index is 0.187. The molecule has 0 radical (unpaired) electrons. The molecule has 1 aromatic heterocycles. The highest BCUT2D eigenvalue weighted by Gasteiger charge is 2.39. The summed E-state index contributed by atoms with van der Waals surface area (Å²) in [6, 6.07) is 1.88. The molecule has 3 atom stereocenters. The lowest BCUT2D eigenvalue weighted by Crippen LogP contribution is -2.32. The van der Waals surface area contributed by atoms with Gasteiger partial charge in [0.15, 0.2) is 0 Å². The largest absolute Gasteiger partial charge is 0.350 e. The number of nitrogens with zero attached hydrogens (tertiary/aromatic N) is 1. The van der Waals surface area contributed by atoms with Crippen LogP contribution in [0.1, 0.15) is 18.5 Å². The van der Waals surface area contributed by atoms with Gasteiger partial charge in [0.2, 0.25) is 5.91 Å². The van der Waals surface area contributed by atoms with Crippen molar-refractivity contribution in [3.05, 3.63) is 30.1 Å². The van der Waals surface area contributed by atoms with E-state index < -0.39 is 0 Å². The average Bonchev–Trinajstić information content (AvgIpc) is 3.01. The molecule has 1 amide bonds. The summed E-state index contributed by atoms with van der Waals surface area (Å²) in [4.78, 5) is 12.0. The van der Waals surface area contributed by atoms with Crippen molar-refractivity contribution < 1.29 is 4.79 Å². The van der Waals surface area contributed by atoms with Crippen molar-refractivity contribution >= 4 is 5.91 Å². The molecule has 3 rings (SSSR count). The average molecular weight is 217 g/mol. The Labute approximate surface area is 94.1 Å². The number of carbonyl (C=O) groups excluding carboxylic acids is 1. The van der Waals surface area contributed by atoms with E-state index in [0.29, 0.717) is 18.4 Å². The molecule has 84 valence electrons. The smallest absolute Gasteiger partial charge is 0.224 e. The van der Waals surface area contributed by atoms with E-state index in [2.05, 4.69) is 27.7 Å². The second kappa shape index (κ2) is 3.77. The number of nitrogens with one attached hydrogen (secondary N) is 2. The predicted molar refractivity (Wildman–Crippen MR) is 59.3 cm³/mol. The van der Waals surface area contributed by atoms with Crippen LogP contribution < -0.4 is 5.32 Å². The maximum absolute atomic E-state index is 12.0. The van der Waals surface area contributed by atoms with Crippen molar-refractivity contribution in [2.24, 2.45) is 17.8 Å². The highest BCUT2D eigenvalue weighted by molar-refractivity contribution is 5.79. The third kappa shape index (κ3) is 1.64. The van der Waals surface area contributed by atoms with Crippen molar-refractivity contribution in [3.63, 3.8) is 0 Å². The monoisotopic (exact) mass is 217 g/mol. The van der Waals surface area contributed by atoms with Gasteiger partial charge in [-0.2, -0.15) is 5.10 Å². The van der Waals surface area contributed by atoms with Gasteiger partial charge in [-0.05, 0) is 30.7 Å². The van der Waals surface area contributed by atoms with Crippen LogP contribution in [-0.4, -0.2) is 16.1 Å². The third-order valence-corrected chi connectivity index (χ3v) is 3.63. The lowest BCUT2D eigenvalue weighted by molar-refractivity contribution is -0.125. The highest BCUT2D eigenvalue weighted by atomic mass is 16.1. The zero-order valence-corrected chi connectivity index (χ0v) is 9.02. The summed E-state index contributed by atoms with van der Waals surface area (Å²) in [6.07, 6.45) is 8.35. The van der Waals surface area contributed by atoms with Crippen molar-refractivity contribution in [2.45, 2.75) is 19.4 Å². The Bertz CT molecular complexity index is 410. The van der Waals surface area contributed by atoms with Gasteiger partial charge >= 0.3 is 0 Å². The number of amides is 1. The lowest BCUT2D eigenvalue weighted by atomic mass is 9.93. The molecule has 4 heteroatoms. The number of allylic oxidation sites excluding steroid dienone is 2. The summed E-state index contributed by atoms with van der Waals surface area (Å²) in [7, 11) is 0. The van der Waals surface area contributed by atoms with Gasteiger partial charge < -0.3 is 5.32 Å². The van der Waals surface area contributed by atoms with Crippen LogP contribution in [0.25, 0.3) is 0 Å². The summed E-state index contributed by atoms with van der Waals surface area (Å²) < 4.78 is 0. The number of hydrogen-bond acceptors (Lipinski definition) is 2. The molecule has 0 spiro atoms. The zero-order valence-electron chi connectivity index (χ0n) is 9.02. The first-order valence-electron chi connectivity index (χ1n) is 5.77. The predicted octanol–water partition coefficient (Wildman–Crippen LogP) is 1.24. The van der Waals surface area contributed by atoms with Crippen molar-refractivity contribution in [2.75, 3.05) is 0 Å². The van der Waals surface area contributed by atoms with E-state index in [1.165, 1.54) is 6.42 Å². The molecule has 1 heterocycles. The Morgan fingerprint density at radius 1 is 1.50 bits per heavy atom. The SMILES string of the molecule is O=C(NCc1ccn[nH]1)C1CC2C=CC1C2. The maximum Gasteiger partial charge on any atom is 0.224 e. The summed E-state index contributed by atoms with van der Waals surface area (Å²) in [5.41, 5.74) is 0.951. The fourth-order valence-corrected chi connectivity index (χ4v) is 2.78. The molecule has 3 unspecified atom stereocenters. The molecular formula is C12H15N3O. The van der Waals surface area contributed by atoms with Gasteiger partial charge in [-0.25, -0.2) is 0 Å². The van der Waals surface area contributed by atoms with Crippen LogP contribution in [-0.2, 0) is 11.3 Å². The van der Waals surface area contributed by atoms with Gasteiger partial charge in [0.1, 0.15) is 0 Å². The van der Waals surface area contributed by atoms with Crippen LogP contribution in [0.4, 0.5) is 0 Å². The number of aromatic nitrogens is 2. The molecule has 1 aromatic rings. The molecule has 1 fully saturated rings. The van der Waals surface area contributed by atoms with Gasteiger partial charge in [-0.1, -0.05) is 12.2 Å². The normalized spacial score (nSPS) is 30.9. The number of hydrogen-bond donors (Lipinski definition) is 2. The Balaban J connectivity index is 1.56. The maximum atomic E-state index is 12.0. The van der Waals surface area contributed by atoms with Crippen LogP contribution in [0.3, 0.4) is 0 Å². The highest BCUT2D eigenvalue weighted by Crippen LogP contribution is 2.43. The quantitative estimate of drug-likeness (QED) is 0.748. The Hall–Kier alpha value is -1.58. The molecule has 0 saturated heterocycles. The van der Waals surface area contributed by atoms with Gasteiger partial charge in [0.05, 0.1) is 12.2 Å². The first-order valence-corrected chi connectivity index (χ1v) is 5.77. The van der Waals surface area contributed by atoms with E-state index >= 15 is 0 Å². The molecule has 4 nitrogen and oxygen atoms in total. The van der Waals surface area contributed by atoms with Crippen LogP contribution in [0.15, 0.2) is 24.4 Å². The van der Waals surface area contributed by atoms with Gasteiger partial charge in [0, 0.05) is 12.1 Å². The molecule has 0 aliphatic heterocycles. The van der Waals surface area contributed by atoms with E-state index in [-0.39, 0.29) is 11.8 Å². The molecule has 2 N–H and O–H groups in total. The van der Waals surface area contributed by atoms with E-state index in [9.17, 15) is 4.79 Å². The fourth-order valence-electron chi connectivity index (χ4n) is 2.78. The second-order valence-corrected chi connectivity index (χ2v) is 4.69. The van der Waals surface area contributed by atoms with Gasteiger partial charge in [-0.15, -0.1) is 0 Å². The fraction of sp³-hybridized carbons (Fsp3) is 0.500. The number of rotatable bonds is 3. The Kier molecular flexibility index (Phi) is 2.27. The molecule has 2 bridgehead atoms. The molecule has 1 saturated carbocycles. The Morgan fingerprint density at radius 3 is 3.06 bits per heavy atom. The van der Waals surface area contributed by atoms with Crippen molar-refractivity contribution in [3.8, 4) is 0 Å². The summed E-state index contributed by atoms with van der Waals surface area (Å²) in [5, 5.41) is 9.65.